The molecule has 0 atom stereocenters. The van der Waals surface area contributed by atoms with Crippen LogP contribution in [-0.2, 0) is 12.8 Å². The Kier molecular flexibility index (Phi) is 4.08. The molecule has 0 saturated carbocycles. The van der Waals surface area contributed by atoms with Crippen LogP contribution in [0.3, 0.4) is 0 Å². The second kappa shape index (κ2) is 6.15. The Labute approximate surface area is 126 Å². The molecule has 0 spiro atoms. The zero-order valence-corrected chi connectivity index (χ0v) is 12.8. The third-order valence-electron chi connectivity index (χ3n) is 3.00. The SMILES string of the molecule is CNc1nc(-c2csc(CCc3ccccc3)n2)cs1. The minimum atomic E-state index is 0.929. The van der Waals surface area contributed by atoms with E-state index < -0.39 is 0 Å². The van der Waals surface area contributed by atoms with E-state index in [-0.39, 0.29) is 0 Å². The van der Waals surface area contributed by atoms with E-state index in [1.807, 2.05) is 18.5 Å². The van der Waals surface area contributed by atoms with Crippen LogP contribution in [0.2, 0.25) is 0 Å². The molecule has 0 bridgehead atoms. The molecule has 0 amide bonds. The number of hydrogen-bond acceptors (Lipinski definition) is 5. The molecule has 3 nitrogen and oxygen atoms in total. The molecule has 102 valence electrons. The molecule has 1 aromatic carbocycles. The maximum atomic E-state index is 4.68. The average molecular weight is 301 g/mol. The van der Waals surface area contributed by atoms with Crippen molar-refractivity contribution in [2.75, 3.05) is 12.4 Å². The number of nitrogens with one attached hydrogen (secondary N) is 1. The standard InChI is InChI=1S/C15H15N3S2/c1-16-15-18-13(10-20-15)12-9-19-14(17-12)8-7-11-5-3-2-4-6-11/h2-6,9-10H,7-8H2,1H3,(H,16,18). The highest BCUT2D eigenvalue weighted by molar-refractivity contribution is 7.14. The van der Waals surface area contributed by atoms with Gasteiger partial charge in [-0.05, 0) is 12.0 Å². The first kappa shape index (κ1) is 13.3. The highest BCUT2D eigenvalue weighted by Crippen LogP contribution is 2.26. The average Bonchev–Trinajstić information content (AvgIpc) is 3.15. The van der Waals surface area contributed by atoms with Gasteiger partial charge in [0.25, 0.3) is 0 Å². The van der Waals surface area contributed by atoms with Crippen LogP contribution in [0.1, 0.15) is 10.6 Å². The number of thiazole rings is 2. The van der Waals surface area contributed by atoms with Gasteiger partial charge in [-0.15, -0.1) is 22.7 Å². The van der Waals surface area contributed by atoms with Crippen LogP contribution >= 0.6 is 22.7 Å². The number of aromatic nitrogens is 2. The molecule has 0 aliphatic rings. The smallest absolute Gasteiger partial charge is 0.183 e. The van der Waals surface area contributed by atoms with Gasteiger partial charge in [0.05, 0.1) is 5.01 Å². The van der Waals surface area contributed by atoms with E-state index in [2.05, 4.69) is 44.9 Å². The second-order valence-corrected chi connectivity index (χ2v) is 6.20. The summed E-state index contributed by atoms with van der Waals surface area (Å²) in [4.78, 5) is 9.16. The Morgan fingerprint density at radius 3 is 2.45 bits per heavy atom. The first-order chi connectivity index (χ1) is 9.85. The molecule has 0 radical (unpaired) electrons. The molecular formula is C15H15N3S2. The van der Waals surface area contributed by atoms with Gasteiger partial charge >= 0.3 is 0 Å². The van der Waals surface area contributed by atoms with Gasteiger partial charge in [0, 0.05) is 24.2 Å². The molecular weight excluding hydrogens is 286 g/mol. The van der Waals surface area contributed by atoms with Crippen LogP contribution in [0, 0.1) is 0 Å². The van der Waals surface area contributed by atoms with E-state index in [0.717, 1.165) is 29.4 Å². The van der Waals surface area contributed by atoms with Crippen molar-refractivity contribution in [1.29, 1.82) is 0 Å². The Bertz CT molecular complexity index is 673. The van der Waals surface area contributed by atoms with Crippen LogP contribution in [0.25, 0.3) is 11.4 Å². The van der Waals surface area contributed by atoms with Crippen molar-refractivity contribution in [3.63, 3.8) is 0 Å². The number of hydrogen-bond donors (Lipinski definition) is 1. The summed E-state index contributed by atoms with van der Waals surface area (Å²) in [5, 5.41) is 9.29. The Morgan fingerprint density at radius 2 is 1.70 bits per heavy atom. The van der Waals surface area contributed by atoms with E-state index in [0.29, 0.717) is 0 Å². The van der Waals surface area contributed by atoms with Gasteiger partial charge in [-0.3, -0.25) is 0 Å². The molecule has 3 aromatic rings. The van der Waals surface area contributed by atoms with E-state index in [1.54, 1.807) is 22.7 Å². The number of rotatable bonds is 5. The fraction of sp³-hybridized carbons (Fsp3) is 0.200. The molecule has 20 heavy (non-hydrogen) atoms. The maximum absolute atomic E-state index is 4.68. The summed E-state index contributed by atoms with van der Waals surface area (Å²) in [5.41, 5.74) is 3.30. The second-order valence-electron chi connectivity index (χ2n) is 4.40. The number of benzene rings is 1. The molecule has 0 aliphatic heterocycles. The van der Waals surface area contributed by atoms with Crippen molar-refractivity contribution in [3.8, 4) is 11.4 Å². The molecule has 5 heteroatoms. The molecule has 0 aliphatic carbocycles. The Hall–Kier alpha value is -1.72. The summed E-state index contributed by atoms with van der Waals surface area (Å²) in [6, 6.07) is 10.5. The van der Waals surface area contributed by atoms with Crippen LogP contribution in [0.5, 0.6) is 0 Å². The third kappa shape index (κ3) is 3.05. The van der Waals surface area contributed by atoms with Crippen LogP contribution in [0.4, 0.5) is 5.13 Å². The van der Waals surface area contributed by atoms with Crippen molar-refractivity contribution in [3.05, 3.63) is 51.7 Å². The largest absolute Gasteiger partial charge is 0.365 e. The van der Waals surface area contributed by atoms with Gasteiger partial charge in [0.1, 0.15) is 11.4 Å². The van der Waals surface area contributed by atoms with Crippen molar-refractivity contribution in [2.24, 2.45) is 0 Å². The first-order valence-electron chi connectivity index (χ1n) is 6.47. The van der Waals surface area contributed by atoms with Crippen molar-refractivity contribution < 1.29 is 0 Å². The summed E-state index contributed by atoms with van der Waals surface area (Å²) in [6.45, 7) is 0. The highest BCUT2D eigenvalue weighted by Gasteiger charge is 2.08. The van der Waals surface area contributed by atoms with Gasteiger partial charge in [0.15, 0.2) is 5.13 Å². The van der Waals surface area contributed by atoms with Crippen LogP contribution in [-0.4, -0.2) is 17.0 Å². The lowest BCUT2D eigenvalue weighted by Gasteiger charge is -1.97. The van der Waals surface area contributed by atoms with Crippen molar-refractivity contribution in [1.82, 2.24) is 9.97 Å². The zero-order valence-electron chi connectivity index (χ0n) is 11.2. The van der Waals surface area contributed by atoms with Crippen molar-refractivity contribution >= 4 is 27.8 Å². The minimum absolute atomic E-state index is 0.929. The summed E-state index contributed by atoms with van der Waals surface area (Å²) < 4.78 is 0. The van der Waals surface area contributed by atoms with Gasteiger partial charge in [-0.25, -0.2) is 9.97 Å². The number of nitrogens with zero attached hydrogens (tertiary/aromatic N) is 2. The lowest BCUT2D eigenvalue weighted by atomic mass is 10.1. The quantitative estimate of drug-likeness (QED) is 0.771. The fourth-order valence-corrected chi connectivity index (χ4v) is 3.40. The van der Waals surface area contributed by atoms with Crippen LogP contribution < -0.4 is 5.32 Å². The molecule has 0 unspecified atom stereocenters. The Morgan fingerprint density at radius 1 is 0.950 bits per heavy atom. The predicted octanol–water partition coefficient (Wildman–Crippen LogP) is 4.09. The summed E-state index contributed by atoms with van der Waals surface area (Å²) in [7, 11) is 1.88. The molecule has 0 fully saturated rings. The first-order valence-corrected chi connectivity index (χ1v) is 8.23. The van der Waals surface area contributed by atoms with E-state index >= 15 is 0 Å². The summed E-state index contributed by atoms with van der Waals surface area (Å²) >= 11 is 3.32. The number of anilines is 1. The number of aryl methyl sites for hydroxylation is 2. The summed E-state index contributed by atoms with van der Waals surface area (Å²) in [5.74, 6) is 0. The monoisotopic (exact) mass is 301 g/mol. The van der Waals surface area contributed by atoms with Crippen molar-refractivity contribution in [2.45, 2.75) is 12.8 Å². The molecule has 3 rings (SSSR count). The molecule has 2 heterocycles. The van der Waals surface area contributed by atoms with Gasteiger partial charge < -0.3 is 5.32 Å². The molecule has 1 N–H and O–H groups in total. The third-order valence-corrected chi connectivity index (χ3v) is 4.77. The van der Waals surface area contributed by atoms with E-state index in [4.69, 9.17) is 0 Å². The van der Waals surface area contributed by atoms with Crippen LogP contribution in [0.15, 0.2) is 41.1 Å². The maximum Gasteiger partial charge on any atom is 0.183 e. The highest BCUT2D eigenvalue weighted by atomic mass is 32.1. The lowest BCUT2D eigenvalue weighted by molar-refractivity contribution is 0.945. The van der Waals surface area contributed by atoms with Gasteiger partial charge in [-0.2, -0.15) is 0 Å². The van der Waals surface area contributed by atoms with Gasteiger partial charge in [0.2, 0.25) is 0 Å². The normalized spacial score (nSPS) is 10.7. The minimum Gasteiger partial charge on any atom is -0.365 e. The lowest BCUT2D eigenvalue weighted by Crippen LogP contribution is -1.90. The zero-order chi connectivity index (χ0) is 13.8. The summed E-state index contributed by atoms with van der Waals surface area (Å²) in [6.07, 6.45) is 2.02. The van der Waals surface area contributed by atoms with Gasteiger partial charge in [-0.1, -0.05) is 30.3 Å². The predicted molar refractivity (Wildman–Crippen MR) is 86.6 cm³/mol. The van der Waals surface area contributed by atoms with E-state index in [9.17, 15) is 0 Å². The Balaban J connectivity index is 1.67. The fourth-order valence-electron chi connectivity index (χ4n) is 1.95. The topological polar surface area (TPSA) is 37.8 Å². The van der Waals surface area contributed by atoms with E-state index in [1.165, 1.54) is 10.6 Å². The molecule has 0 saturated heterocycles. The molecule has 2 aromatic heterocycles.